The molecule has 0 bridgehead atoms. The molecule has 0 atom stereocenters. The fraction of sp³-hybridized carbons (Fsp3) is 0.500. The molecule has 0 radical (unpaired) electrons. The molecule has 0 spiro atoms. The van der Waals surface area contributed by atoms with Crippen molar-refractivity contribution in [2.24, 2.45) is 0 Å². The van der Waals surface area contributed by atoms with Crippen LogP contribution in [0.2, 0.25) is 0 Å². The van der Waals surface area contributed by atoms with Crippen LogP contribution < -0.4 is 4.90 Å². The molecule has 1 aromatic carbocycles. The van der Waals surface area contributed by atoms with E-state index in [1.54, 1.807) is 0 Å². The number of nitrogens with zero attached hydrogens (tertiary/aromatic N) is 2. The van der Waals surface area contributed by atoms with Crippen molar-refractivity contribution in [1.82, 2.24) is 0 Å². The van der Waals surface area contributed by atoms with Gasteiger partial charge in [-0.25, -0.2) is 18.4 Å². The molecule has 8 nitrogen and oxygen atoms in total. The number of anilines is 1. The molecule has 10 heteroatoms. The van der Waals surface area contributed by atoms with E-state index in [1.807, 2.05) is 0 Å². The Morgan fingerprint density at radius 2 is 1.54 bits per heavy atom. The van der Waals surface area contributed by atoms with Gasteiger partial charge in [0.2, 0.25) is 0 Å². The molecule has 0 aliphatic carbocycles. The maximum atomic E-state index is 14.3. The SMILES string of the molecule is CC(C)(C)OC(=O)OC(=O)N(c1c(F)cc([N+](=O)[O-])cc1F)C(C)(C)C. The number of hydrogen-bond donors (Lipinski definition) is 0. The van der Waals surface area contributed by atoms with Crippen molar-refractivity contribution in [2.45, 2.75) is 52.7 Å². The van der Waals surface area contributed by atoms with Gasteiger partial charge in [0.25, 0.3) is 5.69 Å². The Kier molecular flexibility index (Phi) is 5.91. The number of carbonyl (C=O) groups is 2. The Labute approximate surface area is 148 Å². The highest BCUT2D eigenvalue weighted by Crippen LogP contribution is 2.33. The number of non-ortho nitro benzene ring substituents is 1. The normalized spacial score (nSPS) is 11.7. The predicted octanol–water partition coefficient (Wildman–Crippen LogP) is 4.55. The molecule has 1 amide bonds. The summed E-state index contributed by atoms with van der Waals surface area (Å²) in [6.45, 7) is 8.92. The fourth-order valence-electron chi connectivity index (χ4n) is 1.96. The Bertz CT molecular complexity index is 714. The minimum Gasteiger partial charge on any atom is -0.428 e. The van der Waals surface area contributed by atoms with Crippen molar-refractivity contribution in [3.05, 3.63) is 33.9 Å². The van der Waals surface area contributed by atoms with Crippen molar-refractivity contribution in [3.63, 3.8) is 0 Å². The number of amides is 1. The number of carbonyl (C=O) groups excluding carboxylic acids is 2. The average Bonchev–Trinajstić information content (AvgIpc) is 2.38. The van der Waals surface area contributed by atoms with Gasteiger partial charge in [0.15, 0.2) is 11.6 Å². The van der Waals surface area contributed by atoms with Gasteiger partial charge < -0.3 is 9.47 Å². The summed E-state index contributed by atoms with van der Waals surface area (Å²) in [6.07, 6.45) is -2.74. The molecule has 0 aliphatic heterocycles. The van der Waals surface area contributed by atoms with Crippen LogP contribution in [-0.4, -0.2) is 28.3 Å². The lowest BCUT2D eigenvalue weighted by Crippen LogP contribution is -2.48. The number of ether oxygens (including phenoxy) is 2. The maximum absolute atomic E-state index is 14.3. The van der Waals surface area contributed by atoms with Crippen LogP contribution >= 0.6 is 0 Å². The molecule has 0 aliphatic rings. The third-order valence-corrected chi connectivity index (χ3v) is 2.85. The second kappa shape index (κ2) is 7.22. The first-order valence-electron chi connectivity index (χ1n) is 7.52. The lowest BCUT2D eigenvalue weighted by molar-refractivity contribution is -0.385. The summed E-state index contributed by atoms with van der Waals surface area (Å²) in [6, 6.07) is 0.940. The number of rotatable bonds is 2. The zero-order valence-corrected chi connectivity index (χ0v) is 15.3. The topological polar surface area (TPSA) is 99.0 Å². The Hall–Kier alpha value is -2.78. The van der Waals surface area contributed by atoms with Crippen molar-refractivity contribution in [2.75, 3.05) is 4.90 Å². The van der Waals surface area contributed by atoms with Gasteiger partial charge in [-0.05, 0) is 41.5 Å². The lowest BCUT2D eigenvalue weighted by atomic mass is 10.0. The average molecular weight is 374 g/mol. The molecule has 144 valence electrons. The van der Waals surface area contributed by atoms with E-state index in [0.29, 0.717) is 17.0 Å². The predicted molar refractivity (Wildman–Crippen MR) is 88.0 cm³/mol. The molecule has 0 unspecified atom stereocenters. The highest BCUT2D eigenvalue weighted by molar-refractivity contribution is 5.94. The minimum absolute atomic E-state index is 0.470. The molecule has 0 N–H and O–H groups in total. The van der Waals surface area contributed by atoms with Crippen LogP contribution in [0.3, 0.4) is 0 Å². The van der Waals surface area contributed by atoms with Gasteiger partial charge >= 0.3 is 12.2 Å². The first kappa shape index (κ1) is 21.3. The summed E-state index contributed by atoms with van der Waals surface area (Å²) in [5, 5.41) is 10.7. The highest BCUT2D eigenvalue weighted by atomic mass is 19.1. The standard InChI is InChI=1S/C16H20F2N2O6/c1-15(2,3)19(13(21)25-14(22)26-16(4,5)6)12-10(17)7-9(20(23)24)8-11(12)18/h7-8H,1-6H3. The van der Waals surface area contributed by atoms with Crippen LogP contribution in [-0.2, 0) is 9.47 Å². The molecule has 0 heterocycles. The van der Waals surface area contributed by atoms with E-state index in [4.69, 9.17) is 4.74 Å². The third-order valence-electron chi connectivity index (χ3n) is 2.85. The first-order valence-corrected chi connectivity index (χ1v) is 7.52. The van der Waals surface area contributed by atoms with Crippen molar-refractivity contribution < 1.29 is 32.8 Å². The monoisotopic (exact) mass is 374 g/mol. The Balaban J connectivity index is 3.31. The quantitative estimate of drug-likeness (QED) is 0.326. The summed E-state index contributed by atoms with van der Waals surface area (Å²) >= 11 is 0. The summed E-state index contributed by atoms with van der Waals surface area (Å²) in [5.41, 5.74) is -3.88. The second-order valence-corrected chi connectivity index (χ2v) is 7.35. The van der Waals surface area contributed by atoms with Crippen LogP contribution in [0.15, 0.2) is 12.1 Å². The molecule has 0 saturated heterocycles. The summed E-state index contributed by atoms with van der Waals surface area (Å²) < 4.78 is 38.0. The zero-order chi connectivity index (χ0) is 20.4. The smallest absolute Gasteiger partial charge is 0.428 e. The van der Waals surface area contributed by atoms with E-state index < -0.39 is 51.3 Å². The highest BCUT2D eigenvalue weighted by Gasteiger charge is 2.37. The number of nitro benzene ring substituents is 1. The van der Waals surface area contributed by atoms with Crippen LogP contribution in [0.5, 0.6) is 0 Å². The number of nitro groups is 1. The molecule has 0 saturated carbocycles. The molecule has 1 aromatic rings. The van der Waals surface area contributed by atoms with Gasteiger partial charge in [-0.1, -0.05) is 0 Å². The van der Waals surface area contributed by atoms with Crippen LogP contribution in [0.4, 0.5) is 29.7 Å². The van der Waals surface area contributed by atoms with Crippen molar-refractivity contribution >= 4 is 23.6 Å². The summed E-state index contributed by atoms with van der Waals surface area (Å²) in [5.74, 6) is -2.71. The van der Waals surface area contributed by atoms with Crippen LogP contribution in [0, 0.1) is 21.7 Å². The largest absolute Gasteiger partial charge is 0.517 e. The van der Waals surface area contributed by atoms with Gasteiger partial charge in [0, 0.05) is 5.54 Å². The number of hydrogen-bond acceptors (Lipinski definition) is 6. The van der Waals surface area contributed by atoms with E-state index in [0.717, 1.165) is 0 Å². The first-order chi connectivity index (χ1) is 11.6. The van der Waals surface area contributed by atoms with E-state index in [9.17, 15) is 28.5 Å². The minimum atomic E-state index is -1.39. The van der Waals surface area contributed by atoms with Gasteiger partial charge in [0.1, 0.15) is 11.3 Å². The van der Waals surface area contributed by atoms with Gasteiger partial charge in [-0.2, -0.15) is 0 Å². The van der Waals surface area contributed by atoms with Crippen LogP contribution in [0.1, 0.15) is 41.5 Å². The molecule has 26 heavy (non-hydrogen) atoms. The number of benzene rings is 1. The summed E-state index contributed by atoms with van der Waals surface area (Å²) in [7, 11) is 0. The maximum Gasteiger partial charge on any atom is 0.517 e. The van der Waals surface area contributed by atoms with Gasteiger partial charge in [-0.15, -0.1) is 0 Å². The molecule has 1 rings (SSSR count). The van der Waals surface area contributed by atoms with Crippen LogP contribution in [0.25, 0.3) is 0 Å². The van der Waals surface area contributed by atoms with E-state index in [2.05, 4.69) is 4.74 Å². The molecule has 0 aromatic heterocycles. The summed E-state index contributed by atoms with van der Waals surface area (Å²) in [4.78, 5) is 34.3. The molecule has 0 fully saturated rings. The number of halogens is 2. The van der Waals surface area contributed by atoms with Crippen molar-refractivity contribution in [1.29, 1.82) is 0 Å². The van der Waals surface area contributed by atoms with Gasteiger partial charge in [-0.3, -0.25) is 15.0 Å². The molecular formula is C16H20F2N2O6. The van der Waals surface area contributed by atoms with Gasteiger partial charge in [0.05, 0.1) is 17.1 Å². The third kappa shape index (κ3) is 5.36. The Morgan fingerprint density at radius 3 is 1.88 bits per heavy atom. The van der Waals surface area contributed by atoms with Crippen molar-refractivity contribution in [3.8, 4) is 0 Å². The second-order valence-electron chi connectivity index (χ2n) is 7.35. The Morgan fingerprint density at radius 1 is 1.08 bits per heavy atom. The van der Waals surface area contributed by atoms with E-state index in [1.165, 1.54) is 41.5 Å². The fourth-order valence-corrected chi connectivity index (χ4v) is 1.96. The zero-order valence-electron chi connectivity index (χ0n) is 15.3. The van der Waals surface area contributed by atoms with E-state index in [-0.39, 0.29) is 0 Å². The molecular weight excluding hydrogens is 354 g/mol. The van der Waals surface area contributed by atoms with E-state index >= 15 is 0 Å². The lowest BCUT2D eigenvalue weighted by Gasteiger charge is -2.34.